The van der Waals surface area contributed by atoms with E-state index in [-0.39, 0.29) is 10.9 Å². The van der Waals surface area contributed by atoms with Crippen LogP contribution in [-0.4, -0.2) is 27.7 Å². The lowest BCUT2D eigenvalue weighted by Crippen LogP contribution is -2.15. The third-order valence-corrected chi connectivity index (χ3v) is 2.73. The summed E-state index contributed by atoms with van der Waals surface area (Å²) in [5.41, 5.74) is 0.342. The van der Waals surface area contributed by atoms with Crippen molar-refractivity contribution in [3.63, 3.8) is 0 Å². The average Bonchev–Trinajstić information content (AvgIpc) is 2.73. The minimum absolute atomic E-state index is 0.241. The SMILES string of the molecule is O=C(O)c1c[nH]c2nc3c(cc2c1=O)OCC3. The topological polar surface area (TPSA) is 92.3 Å². The van der Waals surface area contributed by atoms with Crippen molar-refractivity contribution in [1.82, 2.24) is 9.97 Å². The van der Waals surface area contributed by atoms with Gasteiger partial charge in [-0.1, -0.05) is 0 Å². The second-order valence-corrected chi connectivity index (χ2v) is 3.76. The van der Waals surface area contributed by atoms with E-state index >= 15 is 0 Å². The first kappa shape index (κ1) is 9.83. The number of pyridine rings is 2. The van der Waals surface area contributed by atoms with Gasteiger partial charge in [-0.15, -0.1) is 0 Å². The zero-order chi connectivity index (χ0) is 12.0. The second-order valence-electron chi connectivity index (χ2n) is 3.76. The van der Waals surface area contributed by atoms with Gasteiger partial charge in [0.2, 0.25) is 5.43 Å². The maximum atomic E-state index is 11.9. The zero-order valence-corrected chi connectivity index (χ0v) is 8.69. The van der Waals surface area contributed by atoms with Crippen molar-refractivity contribution in [2.75, 3.05) is 6.61 Å². The number of ether oxygens (including phenoxy) is 1. The number of fused-ring (bicyclic) bond motifs is 2. The molecule has 0 aliphatic carbocycles. The number of rotatable bonds is 1. The Morgan fingerprint density at radius 2 is 2.35 bits per heavy atom. The number of carboxylic acid groups (broad SMARTS) is 1. The number of aromatic carboxylic acids is 1. The molecule has 0 bridgehead atoms. The largest absolute Gasteiger partial charge is 0.491 e. The van der Waals surface area contributed by atoms with Gasteiger partial charge in [-0.3, -0.25) is 4.79 Å². The minimum atomic E-state index is -1.26. The predicted molar refractivity (Wildman–Crippen MR) is 58.5 cm³/mol. The number of hydrogen-bond donors (Lipinski definition) is 2. The second kappa shape index (κ2) is 3.31. The number of nitrogens with one attached hydrogen (secondary N) is 1. The number of nitrogens with zero attached hydrogens (tertiary/aromatic N) is 1. The quantitative estimate of drug-likeness (QED) is 0.749. The Labute approximate surface area is 94.9 Å². The molecular weight excluding hydrogens is 224 g/mol. The van der Waals surface area contributed by atoms with Crippen LogP contribution >= 0.6 is 0 Å². The van der Waals surface area contributed by atoms with E-state index in [1.807, 2.05) is 0 Å². The standard InChI is InChI=1S/C11H8N2O4/c14-9-5-3-8-7(1-2-17-8)13-10(5)12-4-6(9)11(15)16/h3-4H,1-2H2,(H,15,16)(H,12,13,14). The molecule has 0 unspecified atom stereocenters. The molecule has 6 heteroatoms. The lowest BCUT2D eigenvalue weighted by molar-refractivity contribution is 0.0695. The number of aromatic amines is 1. The Balaban J connectivity index is 2.37. The van der Waals surface area contributed by atoms with Crippen molar-refractivity contribution in [3.8, 4) is 5.75 Å². The summed E-state index contributed by atoms with van der Waals surface area (Å²) >= 11 is 0. The monoisotopic (exact) mass is 232 g/mol. The van der Waals surface area contributed by atoms with Gasteiger partial charge in [-0.05, 0) is 6.07 Å². The van der Waals surface area contributed by atoms with E-state index in [4.69, 9.17) is 9.84 Å². The predicted octanol–water partition coefficient (Wildman–Crippen LogP) is 0.556. The van der Waals surface area contributed by atoms with E-state index in [1.165, 1.54) is 6.20 Å². The molecular formula is C11H8N2O4. The smallest absolute Gasteiger partial charge is 0.341 e. The molecule has 17 heavy (non-hydrogen) atoms. The highest BCUT2D eigenvalue weighted by atomic mass is 16.5. The molecule has 0 saturated carbocycles. The Bertz CT molecular complexity index is 690. The van der Waals surface area contributed by atoms with Crippen molar-refractivity contribution >= 4 is 17.0 Å². The van der Waals surface area contributed by atoms with E-state index < -0.39 is 11.4 Å². The molecule has 2 aromatic heterocycles. The molecule has 1 aliphatic rings. The summed E-state index contributed by atoms with van der Waals surface area (Å²) in [7, 11) is 0. The Morgan fingerprint density at radius 3 is 3.12 bits per heavy atom. The van der Waals surface area contributed by atoms with Crippen LogP contribution in [-0.2, 0) is 6.42 Å². The molecule has 0 atom stereocenters. The van der Waals surface area contributed by atoms with Crippen LogP contribution in [0.2, 0.25) is 0 Å². The Hall–Kier alpha value is -2.37. The van der Waals surface area contributed by atoms with Crippen LogP contribution < -0.4 is 10.2 Å². The lowest BCUT2D eigenvalue weighted by Gasteiger charge is -2.02. The zero-order valence-electron chi connectivity index (χ0n) is 8.69. The first-order valence-electron chi connectivity index (χ1n) is 5.08. The minimum Gasteiger partial charge on any atom is -0.491 e. The van der Waals surface area contributed by atoms with Crippen molar-refractivity contribution in [3.05, 3.63) is 33.7 Å². The summed E-state index contributed by atoms with van der Waals surface area (Å²) in [6.45, 7) is 0.540. The molecule has 2 N–H and O–H groups in total. The van der Waals surface area contributed by atoms with E-state index in [2.05, 4.69) is 9.97 Å². The van der Waals surface area contributed by atoms with Gasteiger partial charge < -0.3 is 14.8 Å². The van der Waals surface area contributed by atoms with Crippen molar-refractivity contribution in [2.45, 2.75) is 6.42 Å². The fraction of sp³-hybridized carbons (Fsp3) is 0.182. The van der Waals surface area contributed by atoms with Gasteiger partial charge in [-0.2, -0.15) is 0 Å². The summed E-state index contributed by atoms with van der Waals surface area (Å²) in [4.78, 5) is 29.7. The summed E-state index contributed by atoms with van der Waals surface area (Å²) in [5, 5.41) is 9.09. The van der Waals surface area contributed by atoms with E-state index in [9.17, 15) is 9.59 Å². The van der Waals surface area contributed by atoms with Crippen LogP contribution in [0.3, 0.4) is 0 Å². The maximum Gasteiger partial charge on any atom is 0.341 e. The molecule has 2 aromatic rings. The maximum absolute atomic E-state index is 11.9. The molecule has 86 valence electrons. The third-order valence-electron chi connectivity index (χ3n) is 2.73. The van der Waals surface area contributed by atoms with Crippen LogP contribution in [0.25, 0.3) is 11.0 Å². The molecule has 0 fully saturated rings. The molecule has 0 saturated heterocycles. The number of hydrogen-bond acceptors (Lipinski definition) is 4. The fourth-order valence-electron chi connectivity index (χ4n) is 1.89. The highest BCUT2D eigenvalue weighted by Crippen LogP contribution is 2.25. The number of carbonyl (C=O) groups is 1. The molecule has 6 nitrogen and oxygen atoms in total. The van der Waals surface area contributed by atoms with Gasteiger partial charge in [0.15, 0.2) is 0 Å². The van der Waals surface area contributed by atoms with Gasteiger partial charge in [0.05, 0.1) is 17.7 Å². The van der Waals surface area contributed by atoms with Crippen LogP contribution in [0, 0.1) is 0 Å². The summed E-state index contributed by atoms with van der Waals surface area (Å²) in [6, 6.07) is 1.55. The fourth-order valence-corrected chi connectivity index (χ4v) is 1.89. The van der Waals surface area contributed by atoms with Gasteiger partial charge in [0.1, 0.15) is 17.0 Å². The molecule has 0 aromatic carbocycles. The average molecular weight is 232 g/mol. The van der Waals surface area contributed by atoms with Crippen molar-refractivity contribution in [2.24, 2.45) is 0 Å². The van der Waals surface area contributed by atoms with Gasteiger partial charge in [-0.25, -0.2) is 9.78 Å². The van der Waals surface area contributed by atoms with Crippen molar-refractivity contribution in [1.29, 1.82) is 0 Å². The number of carboxylic acids is 1. The first-order valence-corrected chi connectivity index (χ1v) is 5.08. The van der Waals surface area contributed by atoms with Crippen LogP contribution in [0.5, 0.6) is 5.75 Å². The highest BCUT2D eigenvalue weighted by molar-refractivity contribution is 5.91. The molecule has 3 rings (SSSR count). The first-order chi connectivity index (χ1) is 8.16. The summed E-state index contributed by atoms with van der Waals surface area (Å²) < 4.78 is 5.30. The molecule has 0 radical (unpaired) electrons. The van der Waals surface area contributed by atoms with Gasteiger partial charge >= 0.3 is 5.97 Å². The van der Waals surface area contributed by atoms with Crippen LogP contribution in [0.1, 0.15) is 16.1 Å². The lowest BCUT2D eigenvalue weighted by atomic mass is 10.2. The van der Waals surface area contributed by atoms with Crippen molar-refractivity contribution < 1.29 is 14.6 Å². The van der Waals surface area contributed by atoms with E-state index in [0.717, 1.165) is 5.69 Å². The third kappa shape index (κ3) is 1.37. The van der Waals surface area contributed by atoms with Crippen LogP contribution in [0.15, 0.2) is 17.1 Å². The number of H-pyrrole nitrogens is 1. The Morgan fingerprint density at radius 1 is 1.53 bits per heavy atom. The number of aromatic nitrogens is 2. The normalized spacial score (nSPS) is 13.4. The van der Waals surface area contributed by atoms with Crippen LogP contribution in [0.4, 0.5) is 0 Å². The van der Waals surface area contributed by atoms with Gasteiger partial charge in [0.25, 0.3) is 0 Å². The summed E-state index contributed by atoms with van der Waals surface area (Å²) in [6.07, 6.45) is 1.87. The highest BCUT2D eigenvalue weighted by Gasteiger charge is 2.18. The molecule has 0 spiro atoms. The summed E-state index contributed by atoms with van der Waals surface area (Å²) in [5.74, 6) is -0.694. The molecule has 0 amide bonds. The molecule has 3 heterocycles. The van der Waals surface area contributed by atoms with E-state index in [0.29, 0.717) is 24.4 Å². The van der Waals surface area contributed by atoms with Gasteiger partial charge in [0, 0.05) is 12.6 Å². The van der Waals surface area contributed by atoms with E-state index in [1.54, 1.807) is 6.07 Å². The molecule has 1 aliphatic heterocycles. The Kier molecular flexibility index (Phi) is 1.91.